The Labute approximate surface area is 86.9 Å². The molecule has 1 aliphatic rings. The third-order valence-electron chi connectivity index (χ3n) is 2.35. The Bertz CT molecular complexity index is 313. The van der Waals surface area contributed by atoms with E-state index in [4.69, 9.17) is 16.0 Å². The lowest BCUT2D eigenvalue weighted by atomic mass is 10.1. The summed E-state index contributed by atoms with van der Waals surface area (Å²) in [6.45, 7) is 1.26. The van der Waals surface area contributed by atoms with Gasteiger partial charge in [0.25, 0.3) is 0 Å². The summed E-state index contributed by atoms with van der Waals surface area (Å²) in [6.07, 6.45) is 3.48. The van der Waals surface area contributed by atoms with Crippen LogP contribution in [0.15, 0.2) is 17.1 Å². The number of rotatable bonds is 3. The Morgan fingerprint density at radius 2 is 2.57 bits per heavy atom. The second-order valence-corrected chi connectivity index (χ2v) is 3.79. The highest BCUT2D eigenvalue weighted by atomic mass is 35.5. The number of nitrogens with zero attached hydrogens (tertiary/aromatic N) is 2. The third kappa shape index (κ3) is 1.90. The number of alkyl halides is 1. The van der Waals surface area contributed by atoms with E-state index in [0.717, 1.165) is 12.2 Å². The van der Waals surface area contributed by atoms with Gasteiger partial charge in [-0.05, 0) is 5.92 Å². The van der Waals surface area contributed by atoms with E-state index in [1.807, 2.05) is 0 Å². The lowest BCUT2D eigenvalue weighted by Crippen LogP contribution is -2.24. The molecular weight excluding hydrogens is 204 g/mol. The number of likely N-dealkylation sites (tertiary alicyclic amines) is 1. The first-order chi connectivity index (χ1) is 6.79. The molecule has 5 heteroatoms. The predicted molar refractivity (Wildman–Crippen MR) is 50.7 cm³/mol. The first-order valence-corrected chi connectivity index (χ1v) is 5.04. The van der Waals surface area contributed by atoms with E-state index < -0.39 is 0 Å². The maximum Gasteiger partial charge on any atom is 0.223 e. The van der Waals surface area contributed by atoms with Crippen molar-refractivity contribution in [1.29, 1.82) is 0 Å². The summed E-state index contributed by atoms with van der Waals surface area (Å²) >= 11 is 5.71. The molecule has 76 valence electrons. The molecule has 0 aliphatic carbocycles. The monoisotopic (exact) mass is 214 g/mol. The molecule has 1 atom stereocenters. The second kappa shape index (κ2) is 4.00. The Kier molecular flexibility index (Phi) is 2.72. The number of amides is 1. The maximum absolute atomic E-state index is 11.5. The van der Waals surface area contributed by atoms with E-state index in [9.17, 15) is 4.79 Å². The molecule has 2 heterocycles. The van der Waals surface area contributed by atoms with Crippen molar-refractivity contribution in [2.45, 2.75) is 13.0 Å². The zero-order valence-electron chi connectivity index (χ0n) is 7.65. The van der Waals surface area contributed by atoms with Crippen molar-refractivity contribution in [2.75, 3.05) is 12.4 Å². The minimum atomic E-state index is 0.152. The molecule has 0 aromatic carbocycles. The SMILES string of the molecule is O=C1CC(CCl)CN1Cc1cocn1. The second-order valence-electron chi connectivity index (χ2n) is 3.48. The van der Waals surface area contributed by atoms with Gasteiger partial charge in [-0.3, -0.25) is 4.79 Å². The van der Waals surface area contributed by atoms with Crippen molar-refractivity contribution in [1.82, 2.24) is 9.88 Å². The van der Waals surface area contributed by atoms with Crippen molar-refractivity contribution < 1.29 is 9.21 Å². The van der Waals surface area contributed by atoms with Gasteiger partial charge in [0.1, 0.15) is 6.26 Å². The topological polar surface area (TPSA) is 46.3 Å². The Morgan fingerprint density at radius 3 is 3.14 bits per heavy atom. The van der Waals surface area contributed by atoms with Crippen molar-refractivity contribution in [2.24, 2.45) is 5.92 Å². The highest BCUT2D eigenvalue weighted by Crippen LogP contribution is 2.20. The Morgan fingerprint density at radius 1 is 1.71 bits per heavy atom. The van der Waals surface area contributed by atoms with Gasteiger partial charge in [0.15, 0.2) is 6.39 Å². The van der Waals surface area contributed by atoms with Crippen LogP contribution < -0.4 is 0 Å². The van der Waals surface area contributed by atoms with Crippen LogP contribution in [0.1, 0.15) is 12.1 Å². The predicted octanol–water partition coefficient (Wildman–Crippen LogP) is 1.26. The molecule has 0 spiro atoms. The summed E-state index contributed by atoms with van der Waals surface area (Å²) in [5.74, 6) is 0.982. The Balaban J connectivity index is 1.96. The van der Waals surface area contributed by atoms with Crippen LogP contribution in [0.2, 0.25) is 0 Å². The largest absolute Gasteiger partial charge is 0.451 e. The minimum absolute atomic E-state index is 0.152. The van der Waals surface area contributed by atoms with Gasteiger partial charge in [-0.2, -0.15) is 0 Å². The van der Waals surface area contributed by atoms with Crippen molar-refractivity contribution in [3.05, 3.63) is 18.4 Å². The molecule has 2 rings (SSSR count). The van der Waals surface area contributed by atoms with E-state index in [2.05, 4.69) is 4.98 Å². The summed E-state index contributed by atoms with van der Waals surface area (Å²) < 4.78 is 4.84. The summed E-state index contributed by atoms with van der Waals surface area (Å²) in [5.41, 5.74) is 0.786. The number of oxazole rings is 1. The van der Waals surface area contributed by atoms with Crippen LogP contribution in [0, 0.1) is 5.92 Å². The molecule has 0 bridgehead atoms. The van der Waals surface area contributed by atoms with Crippen LogP contribution >= 0.6 is 11.6 Å². The normalized spacial score (nSPS) is 21.9. The van der Waals surface area contributed by atoms with Crippen molar-refractivity contribution >= 4 is 17.5 Å². The molecule has 0 N–H and O–H groups in total. The number of aromatic nitrogens is 1. The highest BCUT2D eigenvalue weighted by Gasteiger charge is 2.29. The van der Waals surface area contributed by atoms with Crippen LogP contribution in [-0.4, -0.2) is 28.2 Å². The van der Waals surface area contributed by atoms with E-state index in [1.165, 1.54) is 6.39 Å². The van der Waals surface area contributed by atoms with Gasteiger partial charge in [-0.25, -0.2) is 4.98 Å². The molecule has 1 saturated heterocycles. The van der Waals surface area contributed by atoms with E-state index >= 15 is 0 Å². The molecule has 1 aromatic rings. The molecule has 4 nitrogen and oxygen atoms in total. The van der Waals surface area contributed by atoms with Gasteiger partial charge in [-0.15, -0.1) is 11.6 Å². The van der Waals surface area contributed by atoms with Crippen LogP contribution in [0.3, 0.4) is 0 Å². The smallest absolute Gasteiger partial charge is 0.223 e. The zero-order chi connectivity index (χ0) is 9.97. The number of halogens is 1. The molecule has 0 saturated carbocycles. The van der Waals surface area contributed by atoms with Crippen LogP contribution in [-0.2, 0) is 11.3 Å². The number of hydrogen-bond donors (Lipinski definition) is 0. The van der Waals surface area contributed by atoms with E-state index in [-0.39, 0.29) is 11.8 Å². The van der Waals surface area contributed by atoms with E-state index in [0.29, 0.717) is 18.8 Å². The average Bonchev–Trinajstić information content (AvgIpc) is 2.78. The van der Waals surface area contributed by atoms with Crippen molar-refractivity contribution in [3.63, 3.8) is 0 Å². The first-order valence-electron chi connectivity index (χ1n) is 4.50. The Hall–Kier alpha value is -1.03. The number of carbonyl (C=O) groups excluding carboxylic acids is 1. The van der Waals surface area contributed by atoms with Gasteiger partial charge in [0.05, 0.1) is 12.2 Å². The van der Waals surface area contributed by atoms with Crippen LogP contribution in [0.25, 0.3) is 0 Å². The first kappa shape index (κ1) is 9.52. The van der Waals surface area contributed by atoms with Gasteiger partial charge >= 0.3 is 0 Å². The molecule has 1 amide bonds. The average molecular weight is 215 g/mol. The van der Waals surface area contributed by atoms with Gasteiger partial charge in [-0.1, -0.05) is 0 Å². The van der Waals surface area contributed by atoms with Gasteiger partial charge < -0.3 is 9.32 Å². The molecule has 1 unspecified atom stereocenters. The molecule has 1 fully saturated rings. The zero-order valence-corrected chi connectivity index (χ0v) is 8.41. The fourth-order valence-electron chi connectivity index (χ4n) is 1.62. The number of hydrogen-bond acceptors (Lipinski definition) is 3. The van der Waals surface area contributed by atoms with E-state index in [1.54, 1.807) is 11.2 Å². The lowest BCUT2D eigenvalue weighted by Gasteiger charge is -2.13. The van der Waals surface area contributed by atoms with Crippen molar-refractivity contribution in [3.8, 4) is 0 Å². The van der Waals surface area contributed by atoms with Crippen LogP contribution in [0.5, 0.6) is 0 Å². The summed E-state index contributed by atoms with van der Waals surface area (Å²) in [4.78, 5) is 17.2. The molecular formula is C9H11ClN2O2. The summed E-state index contributed by atoms with van der Waals surface area (Å²) in [5, 5.41) is 0. The van der Waals surface area contributed by atoms with Gasteiger partial charge in [0, 0.05) is 18.8 Å². The lowest BCUT2D eigenvalue weighted by molar-refractivity contribution is -0.128. The molecule has 1 aromatic heterocycles. The standard InChI is InChI=1S/C9H11ClN2O2/c10-2-7-1-9(13)12(3-7)4-8-5-14-6-11-8/h5-7H,1-4H2. The highest BCUT2D eigenvalue weighted by molar-refractivity contribution is 6.18. The summed E-state index contributed by atoms with van der Waals surface area (Å²) in [7, 11) is 0. The minimum Gasteiger partial charge on any atom is -0.451 e. The summed E-state index contributed by atoms with van der Waals surface area (Å²) in [6, 6.07) is 0. The molecule has 14 heavy (non-hydrogen) atoms. The van der Waals surface area contributed by atoms with Gasteiger partial charge in [0.2, 0.25) is 5.91 Å². The quantitative estimate of drug-likeness (QED) is 0.712. The maximum atomic E-state index is 11.5. The fourth-order valence-corrected chi connectivity index (χ4v) is 1.83. The molecule has 1 aliphatic heterocycles. The third-order valence-corrected chi connectivity index (χ3v) is 2.79. The number of carbonyl (C=O) groups is 1. The molecule has 0 radical (unpaired) electrons. The van der Waals surface area contributed by atoms with Crippen LogP contribution in [0.4, 0.5) is 0 Å². The fraction of sp³-hybridized carbons (Fsp3) is 0.556.